The Balaban J connectivity index is 1.56. The summed E-state index contributed by atoms with van der Waals surface area (Å²) in [6, 6.07) is 27.6. The van der Waals surface area contributed by atoms with Crippen molar-refractivity contribution in [3.05, 3.63) is 108 Å². The van der Waals surface area contributed by atoms with Gasteiger partial charge in [0, 0.05) is 17.5 Å². The average Bonchev–Trinajstić information content (AvgIpc) is 3.58. The summed E-state index contributed by atoms with van der Waals surface area (Å²) in [6.07, 6.45) is 2.08. The molecule has 2 aromatic heterocycles. The third-order valence-electron chi connectivity index (χ3n) is 6.35. The zero-order chi connectivity index (χ0) is 24.5. The summed E-state index contributed by atoms with van der Waals surface area (Å²) >= 11 is 0. The molecule has 1 aliphatic rings. The highest BCUT2D eigenvalue weighted by Gasteiger charge is 2.33. The Morgan fingerprint density at radius 2 is 1.56 bits per heavy atom. The highest BCUT2D eigenvalue weighted by Crippen LogP contribution is 2.40. The summed E-state index contributed by atoms with van der Waals surface area (Å²) in [5.74, 6) is 0.547. The van der Waals surface area contributed by atoms with Gasteiger partial charge >= 0.3 is 0 Å². The fourth-order valence-corrected chi connectivity index (χ4v) is 4.71. The van der Waals surface area contributed by atoms with Crippen LogP contribution in [0.2, 0.25) is 0 Å². The minimum absolute atomic E-state index is 0.177. The van der Waals surface area contributed by atoms with E-state index in [1.54, 1.807) is 22.8 Å². The van der Waals surface area contributed by atoms with Crippen LogP contribution >= 0.6 is 0 Å². The van der Waals surface area contributed by atoms with E-state index >= 15 is 0 Å². The molecule has 0 spiro atoms. The molecule has 0 aliphatic carbocycles. The molecule has 3 aromatic carbocycles. The van der Waals surface area contributed by atoms with Gasteiger partial charge in [0.1, 0.15) is 17.8 Å². The SMILES string of the molecule is COc1ccc(C2=C(Cn3cnnn3)Cc3c(-c4ccccc4)c(-c4ccccc4)nn3C2=O)cc1. The van der Waals surface area contributed by atoms with Crippen molar-refractivity contribution < 1.29 is 9.53 Å². The van der Waals surface area contributed by atoms with Crippen molar-refractivity contribution in [2.45, 2.75) is 13.0 Å². The second-order valence-corrected chi connectivity index (χ2v) is 8.51. The molecule has 0 unspecified atom stereocenters. The van der Waals surface area contributed by atoms with Gasteiger partial charge < -0.3 is 4.74 Å². The average molecular weight is 475 g/mol. The Morgan fingerprint density at radius 1 is 0.861 bits per heavy atom. The third-order valence-corrected chi connectivity index (χ3v) is 6.35. The smallest absolute Gasteiger partial charge is 0.279 e. The number of hydrogen-bond donors (Lipinski definition) is 0. The summed E-state index contributed by atoms with van der Waals surface area (Å²) in [7, 11) is 1.62. The molecule has 0 atom stereocenters. The second-order valence-electron chi connectivity index (χ2n) is 8.51. The summed E-state index contributed by atoms with van der Waals surface area (Å²) in [5.41, 5.74) is 6.88. The number of ether oxygens (including phenoxy) is 1. The maximum absolute atomic E-state index is 14.1. The molecule has 0 N–H and O–H groups in total. The predicted octanol–water partition coefficient (Wildman–Crippen LogP) is 4.56. The van der Waals surface area contributed by atoms with Crippen LogP contribution in [0, 0.1) is 0 Å². The van der Waals surface area contributed by atoms with Gasteiger partial charge in [0.15, 0.2) is 0 Å². The van der Waals surface area contributed by atoms with Crippen molar-refractivity contribution in [2.75, 3.05) is 7.11 Å². The Kier molecular flexibility index (Phi) is 5.46. The molecule has 36 heavy (non-hydrogen) atoms. The van der Waals surface area contributed by atoms with Crippen LogP contribution in [-0.2, 0) is 13.0 Å². The summed E-state index contributed by atoms with van der Waals surface area (Å²) in [4.78, 5) is 14.1. The second kappa shape index (κ2) is 9.07. The monoisotopic (exact) mass is 474 g/mol. The van der Waals surface area contributed by atoms with Crippen LogP contribution in [0.1, 0.15) is 16.1 Å². The van der Waals surface area contributed by atoms with Crippen molar-refractivity contribution in [1.82, 2.24) is 30.0 Å². The number of carbonyl (C=O) groups is 1. The fraction of sp³-hybridized carbons (Fsp3) is 0.107. The summed E-state index contributed by atoms with van der Waals surface area (Å²) in [5, 5.41) is 16.5. The topological polar surface area (TPSA) is 87.7 Å². The zero-order valence-corrected chi connectivity index (χ0v) is 19.6. The van der Waals surface area contributed by atoms with Gasteiger partial charge in [0.05, 0.1) is 24.9 Å². The minimum atomic E-state index is -0.177. The normalized spacial score (nSPS) is 13.1. The van der Waals surface area contributed by atoms with Gasteiger partial charge in [-0.2, -0.15) is 9.78 Å². The molecular formula is C28H22N6O2. The van der Waals surface area contributed by atoms with Crippen molar-refractivity contribution >= 4 is 11.5 Å². The molecule has 8 nitrogen and oxygen atoms in total. The van der Waals surface area contributed by atoms with E-state index in [0.29, 0.717) is 18.5 Å². The fourth-order valence-electron chi connectivity index (χ4n) is 4.71. The maximum atomic E-state index is 14.1. The van der Waals surface area contributed by atoms with Gasteiger partial charge in [-0.25, -0.2) is 4.68 Å². The highest BCUT2D eigenvalue weighted by atomic mass is 16.5. The third kappa shape index (κ3) is 3.78. The number of fused-ring (bicyclic) bond motifs is 1. The molecule has 5 aromatic rings. The first-order valence-corrected chi connectivity index (χ1v) is 11.6. The van der Waals surface area contributed by atoms with E-state index < -0.39 is 0 Å². The van der Waals surface area contributed by atoms with Crippen LogP contribution in [0.25, 0.3) is 28.0 Å². The molecule has 0 saturated heterocycles. The number of nitrogens with zero attached hydrogens (tertiary/aromatic N) is 6. The lowest BCUT2D eigenvalue weighted by Gasteiger charge is -2.22. The van der Waals surface area contributed by atoms with Crippen LogP contribution in [0.15, 0.2) is 96.8 Å². The zero-order valence-electron chi connectivity index (χ0n) is 19.6. The van der Waals surface area contributed by atoms with E-state index in [1.807, 2.05) is 72.8 Å². The minimum Gasteiger partial charge on any atom is -0.497 e. The number of benzene rings is 3. The number of tetrazole rings is 1. The van der Waals surface area contributed by atoms with Gasteiger partial charge in [-0.1, -0.05) is 72.8 Å². The molecule has 0 bridgehead atoms. The largest absolute Gasteiger partial charge is 0.497 e. The molecule has 0 amide bonds. The molecule has 176 valence electrons. The number of rotatable bonds is 6. The van der Waals surface area contributed by atoms with Gasteiger partial charge in [-0.3, -0.25) is 4.79 Å². The van der Waals surface area contributed by atoms with Gasteiger partial charge in [0.25, 0.3) is 5.91 Å². The van der Waals surface area contributed by atoms with E-state index in [2.05, 4.69) is 27.7 Å². The van der Waals surface area contributed by atoms with Gasteiger partial charge in [0.2, 0.25) is 0 Å². The van der Waals surface area contributed by atoms with Crippen molar-refractivity contribution in [2.24, 2.45) is 0 Å². The van der Waals surface area contributed by atoms with E-state index in [9.17, 15) is 4.79 Å². The lowest BCUT2D eigenvalue weighted by Crippen LogP contribution is -2.25. The molecule has 0 radical (unpaired) electrons. The van der Waals surface area contributed by atoms with E-state index in [0.717, 1.165) is 45.0 Å². The first kappa shape index (κ1) is 21.7. The Hall–Kier alpha value is -4.85. The van der Waals surface area contributed by atoms with Crippen LogP contribution < -0.4 is 4.74 Å². The van der Waals surface area contributed by atoms with Crippen LogP contribution in [-0.4, -0.2) is 43.0 Å². The van der Waals surface area contributed by atoms with Crippen molar-refractivity contribution in [1.29, 1.82) is 0 Å². The van der Waals surface area contributed by atoms with E-state index in [1.165, 1.54) is 0 Å². The summed E-state index contributed by atoms with van der Waals surface area (Å²) < 4.78 is 8.52. The number of hydrogen-bond acceptors (Lipinski definition) is 6. The molecule has 3 heterocycles. The first-order valence-electron chi connectivity index (χ1n) is 11.6. The molecular weight excluding hydrogens is 452 g/mol. The number of allylic oxidation sites excluding steroid dienone is 2. The lowest BCUT2D eigenvalue weighted by molar-refractivity contribution is 0.0957. The lowest BCUT2D eigenvalue weighted by atomic mass is 9.89. The quantitative estimate of drug-likeness (QED) is 0.358. The van der Waals surface area contributed by atoms with Crippen molar-refractivity contribution in [3.8, 4) is 28.1 Å². The molecule has 1 aliphatic heterocycles. The predicted molar refractivity (Wildman–Crippen MR) is 135 cm³/mol. The highest BCUT2D eigenvalue weighted by molar-refractivity contribution is 6.23. The first-order chi connectivity index (χ1) is 17.7. The Bertz CT molecular complexity index is 1550. The number of aromatic nitrogens is 6. The van der Waals surface area contributed by atoms with Crippen LogP contribution in [0.4, 0.5) is 0 Å². The standard InChI is InChI=1S/C28H22N6O2/c1-36-23-14-12-20(13-15-23)25-22(17-33-18-29-31-32-33)16-24-26(19-8-4-2-5-9-19)27(30-34(24)28(25)35)21-10-6-3-7-11-21/h2-15,18H,16-17H2,1H3. The number of methoxy groups -OCH3 is 1. The molecule has 0 saturated carbocycles. The molecule has 6 rings (SSSR count). The molecule has 0 fully saturated rings. The van der Waals surface area contributed by atoms with Crippen LogP contribution in [0.5, 0.6) is 5.75 Å². The van der Waals surface area contributed by atoms with Gasteiger partial charge in [-0.05, 0) is 39.3 Å². The number of carbonyl (C=O) groups excluding carboxylic acids is 1. The van der Waals surface area contributed by atoms with E-state index in [-0.39, 0.29) is 5.91 Å². The van der Waals surface area contributed by atoms with E-state index in [4.69, 9.17) is 9.84 Å². The Morgan fingerprint density at radius 3 is 2.19 bits per heavy atom. The Labute approximate surface area is 207 Å². The summed E-state index contributed by atoms with van der Waals surface area (Å²) in [6.45, 7) is 0.389. The maximum Gasteiger partial charge on any atom is 0.279 e. The molecule has 8 heteroatoms. The van der Waals surface area contributed by atoms with Crippen LogP contribution in [0.3, 0.4) is 0 Å². The van der Waals surface area contributed by atoms with Gasteiger partial charge in [-0.15, -0.1) is 5.10 Å². The van der Waals surface area contributed by atoms with Crippen molar-refractivity contribution in [3.63, 3.8) is 0 Å².